The molecule has 23 atom stereocenters. The Morgan fingerprint density at radius 2 is 0.833 bits per heavy atom. The third kappa shape index (κ3) is 10.4. The molecule has 0 aromatic rings. The van der Waals surface area contributed by atoms with E-state index in [0.717, 1.165) is 146 Å². The fourth-order valence-electron chi connectivity index (χ4n) is 27.6. The van der Waals surface area contributed by atoms with Crippen molar-refractivity contribution in [1.29, 1.82) is 0 Å². The van der Waals surface area contributed by atoms with Crippen molar-refractivity contribution in [3.8, 4) is 0 Å². The molecule has 0 radical (unpaired) electrons. The van der Waals surface area contributed by atoms with E-state index in [9.17, 15) is 28.8 Å². The molecule has 11 heteroatoms. The average Bonchev–Trinajstić information content (AvgIpc) is 1.31. The Balaban J connectivity index is 0.000000111. The van der Waals surface area contributed by atoms with Crippen LogP contribution in [0.15, 0.2) is 4.99 Å². The van der Waals surface area contributed by atoms with E-state index in [-0.39, 0.29) is 44.5 Å². The van der Waals surface area contributed by atoms with Crippen LogP contribution in [0.4, 0.5) is 4.79 Å². The summed E-state index contributed by atoms with van der Waals surface area (Å²) >= 11 is 0. The van der Waals surface area contributed by atoms with Crippen LogP contribution in [-0.2, 0) is 28.7 Å². The monoisotopic (exact) mass is 1240 g/mol. The van der Waals surface area contributed by atoms with Crippen LogP contribution in [0.5, 0.6) is 0 Å². The van der Waals surface area contributed by atoms with Gasteiger partial charge in [0.05, 0.1) is 0 Å². The van der Waals surface area contributed by atoms with Gasteiger partial charge in [0.2, 0.25) is 5.91 Å². The lowest BCUT2D eigenvalue weighted by atomic mass is 9.47. The maximum Gasteiger partial charge on any atom is 0.410 e. The molecular weight excluding hydrogens is 1120 g/mol. The summed E-state index contributed by atoms with van der Waals surface area (Å²) in [6, 6.07) is 1.49. The first kappa shape index (κ1) is 65.7. The van der Waals surface area contributed by atoms with E-state index < -0.39 is 5.60 Å². The van der Waals surface area contributed by atoms with Gasteiger partial charge >= 0.3 is 6.09 Å². The Bertz CT molecular complexity index is 2840. The number of carbonyl (C=O) groups is 6. The molecule has 16 rings (SSSR count). The Hall–Kier alpha value is -2.95. The van der Waals surface area contributed by atoms with E-state index in [1.165, 1.54) is 121 Å². The van der Waals surface area contributed by atoms with E-state index in [1.807, 2.05) is 20.8 Å². The second-order valence-electron chi connectivity index (χ2n) is 37.1. The molecule has 0 bridgehead atoms. The zero-order chi connectivity index (χ0) is 63.9. The quantitative estimate of drug-likeness (QED) is 0.253. The summed E-state index contributed by atoms with van der Waals surface area (Å²) in [5.41, 5.74) is 2.39. The highest BCUT2D eigenvalue weighted by molar-refractivity contribution is 5.92. The van der Waals surface area contributed by atoms with Crippen LogP contribution >= 0.6 is 0 Å². The molecule has 1 N–H and O–H groups in total. The lowest BCUT2D eigenvalue weighted by molar-refractivity contribution is -0.155. The SMILES string of the molecule is CC(=O)N1CCC[C@@]2(C)[C@@H]1CC[C@@H]1[C@@H]2CC[C@]2(C)C(=O)CC[C@@H]12.CC(C)(C)OC(=O)N1CCC[C@@]2(C)[C@@H]1CC[C@@H]1[C@@H]2CC[C@]2(C)C(=O)CC[C@@H]12.C[C@]12CCCN=C1CC[C@@H]1[C@@H]2CC[C@]2(C)C(=O)CC[C@@H]12.C[C@]12CCCN[C@H]1CC[C@@H]1[C@@H]2CC[C@]2(C)C(=O)CC[C@@H]12. The summed E-state index contributed by atoms with van der Waals surface area (Å²) in [6.45, 7) is 30.6. The van der Waals surface area contributed by atoms with E-state index in [1.54, 1.807) is 6.92 Å². The second-order valence-corrected chi connectivity index (χ2v) is 37.1. The van der Waals surface area contributed by atoms with Gasteiger partial charge < -0.3 is 19.9 Å². The third-order valence-corrected chi connectivity index (χ3v) is 32.4. The Labute approximate surface area is 544 Å². The number of likely N-dealkylation sites (tertiary alicyclic amines) is 2. The minimum atomic E-state index is -0.445. The van der Waals surface area contributed by atoms with Crippen molar-refractivity contribution >= 4 is 40.8 Å². The summed E-state index contributed by atoms with van der Waals surface area (Å²) in [7, 11) is 0. The standard InChI is InChI=1S/C23H37NO3.C20H31NO2.C18H29NO.C18H27NO/c1-21(2,3)27-20(26)24-14-6-12-22(4)17-11-13-23(5)16(8-10-19(23)25)15(17)7-9-18(22)24;1-13(22)21-12-4-10-19(2)16-9-11-20(3)15(6-8-18(20)23)14(16)5-7-17(19)21;2*1-17-9-3-11-19-15(17)6-4-12-13-5-7-16(20)18(13,2)10-8-14(12)17/h15-18H,6-14H2,1-5H3;14-17H,4-12H2,1-3H3;12-15,19H,3-11H2,1-2H3;12-14H,3-11H2,1-2H3/t15-,16-,17-,18-,22+,23-;14-,15-,16-,17-,19+,20-;12-,13-,14-,15-,17+,18-;12-,13-,14-,17+,18-/m0000/s1. The highest BCUT2D eigenvalue weighted by Crippen LogP contribution is 2.68. The van der Waals surface area contributed by atoms with Crippen LogP contribution in [0.25, 0.3) is 0 Å². The number of nitrogens with one attached hydrogen (secondary N) is 1. The number of aliphatic imine (C=N–C) groups is 1. The van der Waals surface area contributed by atoms with Crippen LogP contribution in [0.1, 0.15) is 289 Å². The van der Waals surface area contributed by atoms with Gasteiger partial charge in [-0.25, -0.2) is 4.79 Å². The van der Waals surface area contributed by atoms with Crippen LogP contribution in [0, 0.1) is 114 Å². The van der Waals surface area contributed by atoms with Gasteiger partial charge in [-0.2, -0.15) is 0 Å². The van der Waals surface area contributed by atoms with Crippen LogP contribution in [0.2, 0.25) is 0 Å². The minimum Gasteiger partial charge on any atom is -0.444 e. The van der Waals surface area contributed by atoms with Crippen LogP contribution < -0.4 is 5.32 Å². The Morgan fingerprint density at radius 1 is 0.433 bits per heavy atom. The Morgan fingerprint density at radius 3 is 1.30 bits per heavy atom. The van der Waals surface area contributed by atoms with Crippen molar-refractivity contribution in [2.75, 3.05) is 26.2 Å². The highest BCUT2D eigenvalue weighted by atomic mass is 16.6. The van der Waals surface area contributed by atoms with Gasteiger partial charge in [0.25, 0.3) is 0 Å². The highest BCUT2D eigenvalue weighted by Gasteiger charge is 2.65. The molecule has 16 aliphatic rings. The minimum absolute atomic E-state index is 0.0285. The van der Waals surface area contributed by atoms with E-state index in [4.69, 9.17) is 9.73 Å². The van der Waals surface area contributed by atoms with Gasteiger partial charge in [0, 0.05) is 103 Å². The molecule has 4 aliphatic heterocycles. The third-order valence-electron chi connectivity index (χ3n) is 32.4. The fourth-order valence-corrected chi connectivity index (χ4v) is 27.6. The van der Waals surface area contributed by atoms with Crippen LogP contribution in [0.3, 0.4) is 0 Å². The predicted molar refractivity (Wildman–Crippen MR) is 357 cm³/mol. The molecule has 502 valence electrons. The van der Waals surface area contributed by atoms with Gasteiger partial charge in [-0.3, -0.25) is 29.0 Å². The van der Waals surface area contributed by atoms with Gasteiger partial charge in [0.1, 0.15) is 28.7 Å². The van der Waals surface area contributed by atoms with Gasteiger partial charge in [-0.1, -0.05) is 55.4 Å². The summed E-state index contributed by atoms with van der Waals surface area (Å²) in [6.07, 6.45) is 37.0. The molecule has 12 aliphatic carbocycles. The van der Waals surface area contributed by atoms with Crippen molar-refractivity contribution in [1.82, 2.24) is 15.1 Å². The van der Waals surface area contributed by atoms with Gasteiger partial charge in [-0.05, 0) is 294 Å². The number of piperidine rings is 3. The Kier molecular flexibility index (Phi) is 17.3. The number of ether oxygens (including phenoxy) is 1. The van der Waals surface area contributed by atoms with Crippen molar-refractivity contribution in [2.24, 2.45) is 119 Å². The van der Waals surface area contributed by atoms with Crippen molar-refractivity contribution < 1.29 is 33.5 Å². The first-order chi connectivity index (χ1) is 42.5. The molecule has 4 heterocycles. The first-order valence-electron chi connectivity index (χ1n) is 38.2. The fraction of sp³-hybridized carbons (Fsp3) is 0.911. The van der Waals surface area contributed by atoms with Crippen LogP contribution in [-0.4, -0.2) is 101 Å². The van der Waals surface area contributed by atoms with Crippen molar-refractivity contribution in [2.45, 2.75) is 312 Å². The van der Waals surface area contributed by atoms with Crippen molar-refractivity contribution in [3.63, 3.8) is 0 Å². The van der Waals surface area contributed by atoms with Gasteiger partial charge in [0.15, 0.2) is 0 Å². The number of hydrogen-bond acceptors (Lipinski definition) is 9. The number of carbonyl (C=O) groups excluding carboxylic acids is 6. The summed E-state index contributed by atoms with van der Waals surface area (Å²) in [4.78, 5) is 83.9. The average molecular weight is 1240 g/mol. The van der Waals surface area contributed by atoms with E-state index in [2.05, 4.69) is 70.5 Å². The largest absolute Gasteiger partial charge is 0.444 e. The number of Topliss-reactive ketones (excluding diaryl/α,β-unsaturated/α-hetero) is 4. The zero-order valence-electron chi connectivity index (χ0n) is 58.8. The topological polar surface area (TPSA) is 143 Å². The number of rotatable bonds is 0. The number of fused-ring (bicyclic) bond motifs is 20. The molecule has 0 spiro atoms. The predicted octanol–water partition coefficient (Wildman–Crippen LogP) is 16.6. The molecular formula is C79H124N4O7. The molecule has 15 fully saturated rings. The molecule has 11 nitrogen and oxygen atoms in total. The molecule has 3 saturated heterocycles. The second kappa shape index (κ2) is 23.7. The van der Waals surface area contributed by atoms with Crippen molar-refractivity contribution in [3.05, 3.63) is 0 Å². The maximum absolute atomic E-state index is 12.9. The summed E-state index contributed by atoms with van der Waals surface area (Å²) < 4.78 is 5.75. The molecule has 0 unspecified atom stereocenters. The summed E-state index contributed by atoms with van der Waals surface area (Å²) in [5, 5.41) is 3.81. The molecule has 90 heavy (non-hydrogen) atoms. The number of nitrogens with zero attached hydrogens (tertiary/aromatic N) is 3. The number of hydrogen-bond donors (Lipinski definition) is 1. The van der Waals surface area contributed by atoms with E-state index in [0.29, 0.717) is 93.4 Å². The zero-order valence-corrected chi connectivity index (χ0v) is 58.8. The summed E-state index contributed by atoms with van der Waals surface area (Å²) in [5.74, 6) is 11.0. The molecule has 0 aromatic heterocycles. The first-order valence-corrected chi connectivity index (χ1v) is 38.2. The van der Waals surface area contributed by atoms with Gasteiger partial charge in [-0.15, -0.1) is 0 Å². The smallest absolute Gasteiger partial charge is 0.410 e. The molecule has 0 aromatic carbocycles. The normalized spacial score (nSPS) is 49.5. The number of amides is 2. The molecule has 2 amide bonds. The van der Waals surface area contributed by atoms with E-state index >= 15 is 0 Å². The lowest BCUT2D eigenvalue weighted by Crippen LogP contribution is -2.62. The lowest BCUT2D eigenvalue weighted by Gasteiger charge is -2.61. The molecule has 12 saturated carbocycles. The number of ketones is 4. The maximum atomic E-state index is 12.9.